The fraction of sp³-hybridized carbons (Fsp3) is 0.182. The van der Waals surface area contributed by atoms with Crippen molar-refractivity contribution < 1.29 is 13.2 Å². The topological polar surface area (TPSA) is 98.1 Å². The van der Waals surface area contributed by atoms with Gasteiger partial charge >= 0.3 is 0 Å². The number of hydrogen-bond donors (Lipinski definition) is 2. The maximum Gasteiger partial charge on any atom is 0.175 e. The van der Waals surface area contributed by atoms with Gasteiger partial charge in [-0.1, -0.05) is 0 Å². The standard InChI is InChI=1S/C11H13N3O3S/c1-17-10-4-3-7(18(2,15)16)5-8(10)9-6-11(12)14-13-9/h3-6H,1-2H3,(H3,12,13,14). The van der Waals surface area contributed by atoms with Crippen LogP contribution in [0, 0.1) is 0 Å². The van der Waals surface area contributed by atoms with Crippen molar-refractivity contribution in [3.8, 4) is 17.0 Å². The van der Waals surface area contributed by atoms with Gasteiger partial charge in [-0.15, -0.1) is 0 Å². The minimum Gasteiger partial charge on any atom is -0.496 e. The van der Waals surface area contributed by atoms with Gasteiger partial charge < -0.3 is 10.5 Å². The van der Waals surface area contributed by atoms with Gasteiger partial charge in [0, 0.05) is 17.9 Å². The number of methoxy groups -OCH3 is 1. The van der Waals surface area contributed by atoms with E-state index < -0.39 is 9.84 Å². The number of H-pyrrole nitrogens is 1. The minimum atomic E-state index is -3.27. The molecule has 96 valence electrons. The first-order valence-corrected chi connectivity index (χ1v) is 7.00. The Balaban J connectivity index is 2.63. The highest BCUT2D eigenvalue weighted by Crippen LogP contribution is 2.31. The zero-order chi connectivity index (χ0) is 13.3. The van der Waals surface area contributed by atoms with Gasteiger partial charge in [-0.3, -0.25) is 5.10 Å². The van der Waals surface area contributed by atoms with Crippen LogP contribution < -0.4 is 10.5 Å². The summed E-state index contributed by atoms with van der Waals surface area (Å²) in [5, 5.41) is 6.53. The van der Waals surface area contributed by atoms with Gasteiger partial charge in [0.1, 0.15) is 11.6 Å². The smallest absolute Gasteiger partial charge is 0.175 e. The Hall–Kier alpha value is -2.02. The lowest BCUT2D eigenvalue weighted by molar-refractivity contribution is 0.416. The summed E-state index contributed by atoms with van der Waals surface area (Å²) in [4.78, 5) is 0.214. The molecular formula is C11H13N3O3S. The number of ether oxygens (including phenoxy) is 1. The van der Waals surface area contributed by atoms with E-state index in [0.717, 1.165) is 6.26 Å². The molecule has 0 bridgehead atoms. The minimum absolute atomic E-state index is 0.214. The SMILES string of the molecule is COc1ccc(S(C)(=O)=O)cc1-c1cc(N)n[nH]1. The quantitative estimate of drug-likeness (QED) is 0.866. The second kappa shape index (κ2) is 4.34. The molecule has 0 aliphatic heterocycles. The molecular weight excluding hydrogens is 254 g/mol. The molecule has 0 radical (unpaired) electrons. The van der Waals surface area contributed by atoms with E-state index in [1.807, 2.05) is 0 Å². The zero-order valence-electron chi connectivity index (χ0n) is 9.97. The van der Waals surface area contributed by atoms with Crippen LogP contribution in [-0.2, 0) is 9.84 Å². The van der Waals surface area contributed by atoms with Crippen molar-refractivity contribution in [3.05, 3.63) is 24.3 Å². The summed E-state index contributed by atoms with van der Waals surface area (Å²) >= 11 is 0. The molecule has 0 amide bonds. The number of nitrogens with two attached hydrogens (primary N) is 1. The van der Waals surface area contributed by atoms with E-state index in [0.29, 0.717) is 22.8 Å². The molecule has 6 nitrogen and oxygen atoms in total. The van der Waals surface area contributed by atoms with Gasteiger partial charge in [0.05, 0.1) is 17.7 Å². The van der Waals surface area contributed by atoms with E-state index in [4.69, 9.17) is 10.5 Å². The number of hydrogen-bond acceptors (Lipinski definition) is 5. The van der Waals surface area contributed by atoms with E-state index in [2.05, 4.69) is 10.2 Å². The number of aromatic amines is 1. The van der Waals surface area contributed by atoms with E-state index in [1.165, 1.54) is 19.2 Å². The highest BCUT2D eigenvalue weighted by molar-refractivity contribution is 7.90. The molecule has 0 saturated carbocycles. The lowest BCUT2D eigenvalue weighted by Crippen LogP contribution is -1.98. The Morgan fingerprint density at radius 2 is 2.06 bits per heavy atom. The summed E-state index contributed by atoms with van der Waals surface area (Å²) in [6.45, 7) is 0. The lowest BCUT2D eigenvalue weighted by Gasteiger charge is -2.08. The number of benzene rings is 1. The van der Waals surface area contributed by atoms with Crippen molar-refractivity contribution in [1.82, 2.24) is 10.2 Å². The third-order valence-corrected chi connectivity index (χ3v) is 3.60. The maximum absolute atomic E-state index is 11.5. The summed E-state index contributed by atoms with van der Waals surface area (Å²) in [5.41, 5.74) is 6.74. The van der Waals surface area contributed by atoms with Crippen LogP contribution in [0.15, 0.2) is 29.2 Å². The Morgan fingerprint density at radius 3 is 2.56 bits per heavy atom. The molecule has 1 aromatic heterocycles. The van der Waals surface area contributed by atoms with Crippen molar-refractivity contribution in [2.24, 2.45) is 0 Å². The van der Waals surface area contributed by atoms with E-state index in [-0.39, 0.29) is 4.90 Å². The largest absolute Gasteiger partial charge is 0.496 e. The number of nitrogen functional groups attached to an aromatic ring is 1. The van der Waals surface area contributed by atoms with Gasteiger partial charge in [-0.2, -0.15) is 5.10 Å². The van der Waals surface area contributed by atoms with E-state index in [1.54, 1.807) is 12.1 Å². The number of nitrogens with zero attached hydrogens (tertiary/aromatic N) is 1. The fourth-order valence-electron chi connectivity index (χ4n) is 1.60. The van der Waals surface area contributed by atoms with Gasteiger partial charge in [-0.05, 0) is 18.2 Å². The van der Waals surface area contributed by atoms with Crippen LogP contribution in [0.25, 0.3) is 11.3 Å². The van der Waals surface area contributed by atoms with Crippen molar-refractivity contribution in [2.75, 3.05) is 19.1 Å². The second-order valence-corrected chi connectivity index (χ2v) is 5.86. The Morgan fingerprint density at radius 1 is 1.33 bits per heavy atom. The van der Waals surface area contributed by atoms with Crippen LogP contribution >= 0.6 is 0 Å². The predicted molar refractivity (Wildman–Crippen MR) is 68.1 cm³/mol. The summed E-state index contributed by atoms with van der Waals surface area (Å²) in [7, 11) is -1.76. The van der Waals surface area contributed by atoms with Gasteiger partial charge in [0.25, 0.3) is 0 Å². The molecule has 0 aliphatic rings. The number of anilines is 1. The predicted octanol–water partition coefficient (Wildman–Crippen LogP) is 1.07. The van der Waals surface area contributed by atoms with Gasteiger partial charge in [0.15, 0.2) is 9.84 Å². The molecule has 0 atom stereocenters. The van der Waals surface area contributed by atoms with Crippen LogP contribution in [0.1, 0.15) is 0 Å². The maximum atomic E-state index is 11.5. The molecule has 2 aromatic rings. The first-order chi connectivity index (χ1) is 8.41. The van der Waals surface area contributed by atoms with Crippen molar-refractivity contribution >= 4 is 15.7 Å². The van der Waals surface area contributed by atoms with Crippen LogP contribution in [0.4, 0.5) is 5.82 Å². The van der Waals surface area contributed by atoms with Crippen LogP contribution in [-0.4, -0.2) is 32.0 Å². The molecule has 1 aromatic carbocycles. The Labute approximate surface area is 105 Å². The normalized spacial score (nSPS) is 11.4. The number of nitrogens with one attached hydrogen (secondary N) is 1. The molecule has 0 aliphatic carbocycles. The van der Waals surface area contributed by atoms with Gasteiger partial charge in [-0.25, -0.2) is 8.42 Å². The molecule has 7 heteroatoms. The molecule has 3 N–H and O–H groups in total. The van der Waals surface area contributed by atoms with Crippen molar-refractivity contribution in [2.45, 2.75) is 4.90 Å². The third-order valence-electron chi connectivity index (χ3n) is 2.49. The first-order valence-electron chi connectivity index (χ1n) is 5.11. The zero-order valence-corrected chi connectivity index (χ0v) is 10.8. The fourth-order valence-corrected chi connectivity index (χ4v) is 2.25. The number of rotatable bonds is 3. The molecule has 0 unspecified atom stereocenters. The third kappa shape index (κ3) is 2.30. The summed E-state index contributed by atoms with van der Waals surface area (Å²) in [6, 6.07) is 6.24. The molecule has 18 heavy (non-hydrogen) atoms. The summed E-state index contributed by atoms with van der Waals surface area (Å²) < 4.78 is 28.3. The Kier molecular flexibility index (Phi) is 3.00. The summed E-state index contributed by atoms with van der Waals surface area (Å²) in [5.74, 6) is 0.878. The monoisotopic (exact) mass is 267 g/mol. The van der Waals surface area contributed by atoms with Gasteiger partial charge in [0.2, 0.25) is 0 Å². The number of aromatic nitrogens is 2. The molecule has 2 rings (SSSR count). The lowest BCUT2D eigenvalue weighted by atomic mass is 10.1. The molecule has 0 saturated heterocycles. The molecule has 0 fully saturated rings. The van der Waals surface area contributed by atoms with Crippen LogP contribution in [0.2, 0.25) is 0 Å². The molecule has 0 spiro atoms. The number of sulfone groups is 1. The van der Waals surface area contributed by atoms with Crippen molar-refractivity contribution in [3.63, 3.8) is 0 Å². The average molecular weight is 267 g/mol. The first kappa shape index (κ1) is 12.4. The Bertz CT molecular complexity index is 677. The summed E-state index contributed by atoms with van der Waals surface area (Å²) in [6.07, 6.45) is 1.15. The van der Waals surface area contributed by atoms with Crippen LogP contribution in [0.5, 0.6) is 5.75 Å². The highest BCUT2D eigenvalue weighted by Gasteiger charge is 2.14. The van der Waals surface area contributed by atoms with E-state index in [9.17, 15) is 8.42 Å². The van der Waals surface area contributed by atoms with Crippen molar-refractivity contribution in [1.29, 1.82) is 0 Å². The average Bonchev–Trinajstić information content (AvgIpc) is 2.73. The second-order valence-electron chi connectivity index (χ2n) is 3.84. The molecule has 1 heterocycles. The highest BCUT2D eigenvalue weighted by atomic mass is 32.2. The van der Waals surface area contributed by atoms with E-state index >= 15 is 0 Å². The van der Waals surface area contributed by atoms with Crippen LogP contribution in [0.3, 0.4) is 0 Å².